The Labute approximate surface area is 239 Å². The molecule has 2 N–H and O–H groups in total. The van der Waals surface area contributed by atoms with Gasteiger partial charge in [0.25, 0.3) is 0 Å². The minimum Gasteiger partial charge on any atom is -0.481 e. The van der Waals surface area contributed by atoms with E-state index in [1.807, 2.05) is 13.8 Å². The first-order valence-corrected chi connectivity index (χ1v) is 15.9. The van der Waals surface area contributed by atoms with Gasteiger partial charge in [0.1, 0.15) is 0 Å². The summed E-state index contributed by atoms with van der Waals surface area (Å²) in [6, 6.07) is 0. The van der Waals surface area contributed by atoms with Gasteiger partial charge in [-0.15, -0.1) is 0 Å². The Morgan fingerprint density at radius 2 is 1.02 bits per heavy atom. The third kappa shape index (κ3) is 8.22. The molecule has 5 saturated carbocycles. The molecule has 8 nitrogen and oxygen atoms in total. The van der Waals surface area contributed by atoms with Crippen LogP contribution in [0.2, 0.25) is 0 Å². The van der Waals surface area contributed by atoms with Crippen LogP contribution in [0.15, 0.2) is 0 Å². The van der Waals surface area contributed by atoms with Crippen LogP contribution in [-0.2, 0) is 28.7 Å². The van der Waals surface area contributed by atoms with Gasteiger partial charge in [-0.05, 0) is 120 Å². The number of ether oxygens (including phenoxy) is 2. The van der Waals surface area contributed by atoms with E-state index < -0.39 is 35.6 Å². The highest BCUT2D eigenvalue weighted by atomic mass is 16.5. The predicted molar refractivity (Wildman–Crippen MR) is 150 cm³/mol. The molecule has 2 bridgehead atoms. The molecule has 0 spiro atoms. The molecule has 8 heteroatoms. The highest BCUT2D eigenvalue weighted by Crippen LogP contribution is 2.58. The smallest absolute Gasteiger partial charge is 0.309 e. The van der Waals surface area contributed by atoms with Crippen LogP contribution in [0, 0.1) is 59.2 Å². The first-order valence-electron chi connectivity index (χ1n) is 15.9. The second-order valence-electron chi connectivity index (χ2n) is 13.0. The van der Waals surface area contributed by atoms with Gasteiger partial charge in [-0.2, -0.15) is 0 Å². The number of hydrogen-bond acceptors (Lipinski definition) is 6. The van der Waals surface area contributed by atoms with E-state index in [9.17, 15) is 19.2 Å². The summed E-state index contributed by atoms with van der Waals surface area (Å²) < 4.78 is 9.80. The lowest BCUT2D eigenvalue weighted by Gasteiger charge is -2.30. The van der Waals surface area contributed by atoms with Crippen molar-refractivity contribution in [2.24, 2.45) is 59.2 Å². The topological polar surface area (TPSA) is 127 Å². The van der Waals surface area contributed by atoms with Crippen molar-refractivity contribution in [1.82, 2.24) is 0 Å². The van der Waals surface area contributed by atoms with Gasteiger partial charge in [-0.3, -0.25) is 19.2 Å². The lowest BCUT2D eigenvalue weighted by molar-refractivity contribution is -0.160. The van der Waals surface area contributed by atoms with E-state index in [0.717, 1.165) is 12.8 Å². The molecule has 5 fully saturated rings. The predicted octanol–water partition coefficient (Wildman–Crippen LogP) is 6.21. The maximum Gasteiger partial charge on any atom is 0.309 e. The fourth-order valence-electron chi connectivity index (χ4n) is 8.39. The van der Waals surface area contributed by atoms with Crippen molar-refractivity contribution < 1.29 is 38.9 Å². The fourth-order valence-corrected chi connectivity index (χ4v) is 8.39. The largest absolute Gasteiger partial charge is 0.481 e. The van der Waals surface area contributed by atoms with Gasteiger partial charge in [-0.1, -0.05) is 20.3 Å². The third-order valence-electron chi connectivity index (χ3n) is 10.4. The van der Waals surface area contributed by atoms with Crippen molar-refractivity contribution in [3.05, 3.63) is 0 Å². The van der Waals surface area contributed by atoms with Crippen molar-refractivity contribution in [1.29, 1.82) is 0 Å². The van der Waals surface area contributed by atoms with Crippen LogP contribution in [0.25, 0.3) is 0 Å². The van der Waals surface area contributed by atoms with Gasteiger partial charge < -0.3 is 19.7 Å². The maximum absolute atomic E-state index is 11.6. The van der Waals surface area contributed by atoms with Crippen LogP contribution in [0.3, 0.4) is 0 Å². The quantitative estimate of drug-likeness (QED) is 0.365. The number of carbonyl (C=O) groups is 4. The van der Waals surface area contributed by atoms with Gasteiger partial charge in [-0.25, -0.2) is 0 Å². The Morgan fingerprint density at radius 1 is 0.575 bits per heavy atom. The molecule has 0 aromatic heterocycles. The first-order chi connectivity index (χ1) is 19.1. The highest BCUT2D eigenvalue weighted by molar-refractivity contribution is 5.82. The molecule has 0 radical (unpaired) electrons. The molecule has 228 valence electrons. The van der Waals surface area contributed by atoms with E-state index in [1.165, 1.54) is 23.7 Å². The summed E-state index contributed by atoms with van der Waals surface area (Å²) in [6.07, 6.45) is 13.8. The normalized spacial score (nSPS) is 37.6. The molecule has 5 aliphatic carbocycles. The van der Waals surface area contributed by atoms with Crippen LogP contribution in [-0.4, -0.2) is 47.3 Å². The summed E-state index contributed by atoms with van der Waals surface area (Å²) in [5.74, 6) is 1.13. The number of rotatable bonds is 6. The van der Waals surface area contributed by atoms with Crippen molar-refractivity contribution in [3.8, 4) is 0 Å². The Bertz CT molecular complexity index is 855. The molecule has 0 aliphatic heterocycles. The summed E-state index contributed by atoms with van der Waals surface area (Å²) in [4.78, 5) is 45.1. The minimum atomic E-state index is -0.875. The number of carbonyl (C=O) groups excluding carboxylic acids is 2. The zero-order valence-corrected chi connectivity index (χ0v) is 25.0. The van der Waals surface area contributed by atoms with E-state index >= 15 is 0 Å². The number of carboxylic acids is 2. The Balaban J connectivity index is 0.000000168. The molecule has 0 aromatic rings. The number of carboxylic acid groups (broad SMARTS) is 2. The van der Waals surface area contributed by atoms with Gasteiger partial charge in [0.2, 0.25) is 0 Å². The molecule has 10 unspecified atom stereocenters. The van der Waals surface area contributed by atoms with Gasteiger partial charge in [0.05, 0.1) is 36.9 Å². The summed E-state index contributed by atoms with van der Waals surface area (Å²) in [5.41, 5.74) is 0. The van der Waals surface area contributed by atoms with E-state index in [1.54, 1.807) is 52.4 Å². The third-order valence-corrected chi connectivity index (χ3v) is 10.4. The lowest BCUT2D eigenvalue weighted by Crippen LogP contribution is -2.36. The number of esters is 2. The molecular weight excluding hydrogens is 512 g/mol. The average molecular weight is 565 g/mol. The first kappa shape index (κ1) is 32.4. The standard InChI is InChI=1S/2C11H18O4.C10H16/c1-3-15-11(14)8-5-4-7(2)6-9(8)10(12)13;1-3-15-11(14)9-6-7(2)4-5-8(9)10(12)13;1-2-9-7-4-5-8(6-7)10(9)3-1/h2*7-9H,3-6H2,1-2H3,(H,12,13);7-10H,1-6H2. The summed E-state index contributed by atoms with van der Waals surface area (Å²) in [5, 5.41) is 18.0. The average Bonchev–Trinajstić information content (AvgIpc) is 3.65. The number of hydrogen-bond donors (Lipinski definition) is 2. The zero-order chi connectivity index (χ0) is 29.4. The Morgan fingerprint density at radius 3 is 1.50 bits per heavy atom. The van der Waals surface area contributed by atoms with Crippen molar-refractivity contribution in [2.45, 2.75) is 105 Å². The SMILES string of the molecule is C1CC2C3CCC(C3)C2C1.CCOC(=O)C1CC(C)CCC1C(=O)O.CCOC(=O)C1CCC(C)CC1C(=O)O. The van der Waals surface area contributed by atoms with Gasteiger partial charge in [0, 0.05) is 0 Å². The van der Waals surface area contributed by atoms with Crippen LogP contribution in [0.1, 0.15) is 105 Å². The molecule has 0 saturated heterocycles. The van der Waals surface area contributed by atoms with E-state index in [0.29, 0.717) is 50.7 Å². The highest BCUT2D eigenvalue weighted by Gasteiger charge is 2.49. The molecule has 40 heavy (non-hydrogen) atoms. The fraction of sp³-hybridized carbons (Fsp3) is 0.875. The van der Waals surface area contributed by atoms with E-state index in [2.05, 4.69) is 0 Å². The summed E-state index contributed by atoms with van der Waals surface area (Å²) >= 11 is 0. The van der Waals surface area contributed by atoms with Crippen LogP contribution >= 0.6 is 0 Å². The molecule has 5 rings (SSSR count). The van der Waals surface area contributed by atoms with E-state index in [4.69, 9.17) is 19.7 Å². The van der Waals surface area contributed by atoms with Crippen LogP contribution in [0.4, 0.5) is 0 Å². The maximum atomic E-state index is 11.6. The Hall–Kier alpha value is -2.12. The summed E-state index contributed by atoms with van der Waals surface area (Å²) in [6.45, 7) is 8.17. The van der Waals surface area contributed by atoms with E-state index in [-0.39, 0.29) is 11.9 Å². The molecule has 5 aliphatic rings. The molecule has 0 aromatic carbocycles. The second-order valence-corrected chi connectivity index (χ2v) is 13.0. The van der Waals surface area contributed by atoms with Crippen molar-refractivity contribution in [3.63, 3.8) is 0 Å². The van der Waals surface area contributed by atoms with Crippen molar-refractivity contribution in [2.75, 3.05) is 13.2 Å². The number of aliphatic carboxylic acids is 2. The van der Waals surface area contributed by atoms with Gasteiger partial charge >= 0.3 is 23.9 Å². The number of fused-ring (bicyclic) bond motifs is 5. The van der Waals surface area contributed by atoms with Crippen LogP contribution in [0.5, 0.6) is 0 Å². The van der Waals surface area contributed by atoms with Crippen LogP contribution < -0.4 is 0 Å². The summed E-state index contributed by atoms with van der Waals surface area (Å²) in [7, 11) is 0. The van der Waals surface area contributed by atoms with Gasteiger partial charge in [0.15, 0.2) is 0 Å². The monoisotopic (exact) mass is 564 g/mol. The lowest BCUT2D eigenvalue weighted by atomic mass is 9.74. The minimum absolute atomic E-state index is 0.316. The second kappa shape index (κ2) is 15.2. The Kier molecular flexibility index (Phi) is 12.3. The molecular formula is C32H52O8. The molecule has 0 heterocycles. The molecule has 0 amide bonds. The molecule has 10 atom stereocenters. The van der Waals surface area contributed by atoms with Crippen molar-refractivity contribution >= 4 is 23.9 Å². The zero-order valence-electron chi connectivity index (χ0n) is 25.0.